The maximum absolute atomic E-state index is 10.6. The average molecular weight is 188 g/mol. The third-order valence-corrected chi connectivity index (χ3v) is 2.79. The van der Waals surface area contributed by atoms with Crippen LogP contribution in [0.25, 0.3) is 0 Å². The molecule has 0 bridgehead atoms. The van der Waals surface area contributed by atoms with E-state index in [-0.39, 0.29) is 17.9 Å². The molecule has 2 unspecified atom stereocenters. The highest BCUT2D eigenvalue weighted by Crippen LogP contribution is 2.33. The van der Waals surface area contributed by atoms with Crippen LogP contribution < -0.4 is 0 Å². The van der Waals surface area contributed by atoms with Crippen LogP contribution in [-0.4, -0.2) is 22.8 Å². The first-order chi connectivity index (χ1) is 5.95. The minimum atomic E-state index is -0.752. The summed E-state index contributed by atoms with van der Waals surface area (Å²) in [5.41, 5.74) is -0.0352. The molecule has 0 aromatic rings. The first kappa shape index (κ1) is 12.4. The monoisotopic (exact) mass is 188 g/mol. The standard InChI is InChI=1S/C10H20O3/c1-4-10(3,5-6-11)7-8(2)9(12)13/h8,11H,4-7H2,1-3H3,(H,12,13). The maximum atomic E-state index is 10.6. The van der Waals surface area contributed by atoms with Gasteiger partial charge in [-0.15, -0.1) is 0 Å². The Morgan fingerprint density at radius 2 is 2.08 bits per heavy atom. The predicted molar refractivity (Wildman–Crippen MR) is 51.5 cm³/mol. The normalized spacial score (nSPS) is 17.8. The number of carboxylic acids is 1. The van der Waals surface area contributed by atoms with Crippen LogP contribution in [0.15, 0.2) is 0 Å². The van der Waals surface area contributed by atoms with Gasteiger partial charge in [-0.25, -0.2) is 0 Å². The van der Waals surface area contributed by atoms with E-state index >= 15 is 0 Å². The van der Waals surface area contributed by atoms with Crippen LogP contribution in [0.5, 0.6) is 0 Å². The van der Waals surface area contributed by atoms with E-state index < -0.39 is 5.97 Å². The van der Waals surface area contributed by atoms with Crippen molar-refractivity contribution in [1.29, 1.82) is 0 Å². The van der Waals surface area contributed by atoms with Crippen molar-refractivity contribution < 1.29 is 15.0 Å². The average Bonchev–Trinajstić information content (AvgIpc) is 2.04. The van der Waals surface area contributed by atoms with Gasteiger partial charge >= 0.3 is 5.97 Å². The van der Waals surface area contributed by atoms with Gasteiger partial charge in [0, 0.05) is 6.61 Å². The molecule has 0 aliphatic carbocycles. The topological polar surface area (TPSA) is 57.5 Å². The molecule has 3 heteroatoms. The third kappa shape index (κ3) is 4.27. The van der Waals surface area contributed by atoms with Gasteiger partial charge in [-0.2, -0.15) is 0 Å². The van der Waals surface area contributed by atoms with Crippen molar-refractivity contribution in [3.8, 4) is 0 Å². The summed E-state index contributed by atoms with van der Waals surface area (Å²) in [6, 6.07) is 0. The Balaban J connectivity index is 4.17. The van der Waals surface area contributed by atoms with E-state index in [1.54, 1.807) is 6.92 Å². The molecule has 0 rings (SSSR count). The lowest BCUT2D eigenvalue weighted by atomic mass is 9.77. The quantitative estimate of drug-likeness (QED) is 0.669. The minimum absolute atomic E-state index is 0.0352. The molecule has 0 saturated heterocycles. The van der Waals surface area contributed by atoms with Gasteiger partial charge in [-0.1, -0.05) is 27.2 Å². The van der Waals surface area contributed by atoms with Crippen molar-refractivity contribution in [2.24, 2.45) is 11.3 Å². The number of aliphatic carboxylic acids is 1. The van der Waals surface area contributed by atoms with Crippen LogP contribution in [-0.2, 0) is 4.79 Å². The van der Waals surface area contributed by atoms with E-state index in [1.807, 2.05) is 13.8 Å². The zero-order valence-corrected chi connectivity index (χ0v) is 8.71. The molecule has 0 fully saturated rings. The maximum Gasteiger partial charge on any atom is 0.306 e. The van der Waals surface area contributed by atoms with Crippen molar-refractivity contribution in [3.63, 3.8) is 0 Å². The Morgan fingerprint density at radius 1 is 1.54 bits per heavy atom. The van der Waals surface area contributed by atoms with Crippen LogP contribution in [0.2, 0.25) is 0 Å². The Kier molecular flexibility index (Phi) is 4.99. The molecule has 0 aromatic carbocycles. The largest absolute Gasteiger partial charge is 0.481 e. The van der Waals surface area contributed by atoms with Crippen molar-refractivity contribution >= 4 is 5.97 Å². The number of aliphatic hydroxyl groups excluding tert-OH is 1. The van der Waals surface area contributed by atoms with Crippen LogP contribution in [0.1, 0.15) is 40.0 Å². The fourth-order valence-corrected chi connectivity index (χ4v) is 1.52. The molecule has 0 aromatic heterocycles. The smallest absolute Gasteiger partial charge is 0.306 e. The van der Waals surface area contributed by atoms with E-state index in [0.29, 0.717) is 12.8 Å². The van der Waals surface area contributed by atoms with Gasteiger partial charge in [-0.3, -0.25) is 4.79 Å². The van der Waals surface area contributed by atoms with Gasteiger partial charge in [0.15, 0.2) is 0 Å². The zero-order valence-electron chi connectivity index (χ0n) is 8.71. The highest BCUT2D eigenvalue weighted by molar-refractivity contribution is 5.69. The molecule has 0 aliphatic heterocycles. The summed E-state index contributed by atoms with van der Waals surface area (Å²) in [4.78, 5) is 10.6. The first-order valence-corrected chi connectivity index (χ1v) is 4.79. The molecule has 2 N–H and O–H groups in total. The highest BCUT2D eigenvalue weighted by atomic mass is 16.4. The summed E-state index contributed by atoms with van der Waals surface area (Å²) in [7, 11) is 0. The molecule has 78 valence electrons. The number of hydrogen-bond acceptors (Lipinski definition) is 2. The van der Waals surface area contributed by atoms with Gasteiger partial charge in [0.25, 0.3) is 0 Å². The molecule has 0 aliphatic rings. The molecule has 3 nitrogen and oxygen atoms in total. The van der Waals surface area contributed by atoms with Crippen LogP contribution in [0.3, 0.4) is 0 Å². The van der Waals surface area contributed by atoms with E-state index in [1.165, 1.54) is 0 Å². The molecule has 0 heterocycles. The Bertz CT molecular complexity index is 168. The number of carboxylic acid groups (broad SMARTS) is 1. The number of aliphatic hydroxyl groups is 1. The Morgan fingerprint density at radius 3 is 2.38 bits per heavy atom. The highest BCUT2D eigenvalue weighted by Gasteiger charge is 2.26. The lowest BCUT2D eigenvalue weighted by molar-refractivity contribution is -0.142. The number of carbonyl (C=O) groups is 1. The first-order valence-electron chi connectivity index (χ1n) is 4.79. The minimum Gasteiger partial charge on any atom is -0.481 e. The summed E-state index contributed by atoms with van der Waals surface area (Å²) in [6.45, 7) is 5.91. The van der Waals surface area contributed by atoms with Gasteiger partial charge in [-0.05, 0) is 18.3 Å². The second-order valence-corrected chi connectivity index (χ2v) is 4.08. The Labute approximate surface area is 79.8 Å². The van der Waals surface area contributed by atoms with Crippen molar-refractivity contribution in [3.05, 3.63) is 0 Å². The molecule has 0 amide bonds. The molecule has 0 radical (unpaired) electrons. The van der Waals surface area contributed by atoms with E-state index in [2.05, 4.69) is 0 Å². The van der Waals surface area contributed by atoms with Crippen molar-refractivity contribution in [2.45, 2.75) is 40.0 Å². The van der Waals surface area contributed by atoms with Gasteiger partial charge in [0.2, 0.25) is 0 Å². The summed E-state index contributed by atoms with van der Waals surface area (Å²) >= 11 is 0. The molecular weight excluding hydrogens is 168 g/mol. The van der Waals surface area contributed by atoms with Gasteiger partial charge in [0.1, 0.15) is 0 Å². The fourth-order valence-electron chi connectivity index (χ4n) is 1.52. The van der Waals surface area contributed by atoms with Crippen LogP contribution >= 0.6 is 0 Å². The van der Waals surface area contributed by atoms with E-state index in [4.69, 9.17) is 10.2 Å². The number of rotatable bonds is 6. The molecule has 0 saturated carbocycles. The lowest BCUT2D eigenvalue weighted by Crippen LogP contribution is -2.24. The summed E-state index contributed by atoms with van der Waals surface area (Å²) in [6.07, 6.45) is 2.23. The zero-order chi connectivity index (χ0) is 10.5. The molecule has 13 heavy (non-hydrogen) atoms. The van der Waals surface area contributed by atoms with Crippen molar-refractivity contribution in [1.82, 2.24) is 0 Å². The van der Waals surface area contributed by atoms with Gasteiger partial charge in [0.05, 0.1) is 5.92 Å². The second kappa shape index (κ2) is 5.22. The third-order valence-electron chi connectivity index (χ3n) is 2.79. The predicted octanol–water partition coefficient (Wildman–Crippen LogP) is 1.90. The SMILES string of the molecule is CCC(C)(CCO)CC(C)C(=O)O. The van der Waals surface area contributed by atoms with Crippen LogP contribution in [0.4, 0.5) is 0 Å². The van der Waals surface area contributed by atoms with Crippen molar-refractivity contribution in [2.75, 3.05) is 6.61 Å². The van der Waals surface area contributed by atoms with E-state index in [9.17, 15) is 4.79 Å². The molecule has 2 atom stereocenters. The lowest BCUT2D eigenvalue weighted by Gasteiger charge is -2.29. The number of hydrogen-bond donors (Lipinski definition) is 2. The molecule has 0 spiro atoms. The summed E-state index contributed by atoms with van der Waals surface area (Å²) < 4.78 is 0. The second-order valence-electron chi connectivity index (χ2n) is 4.08. The van der Waals surface area contributed by atoms with Crippen LogP contribution in [0, 0.1) is 11.3 Å². The Hall–Kier alpha value is -0.570. The van der Waals surface area contributed by atoms with E-state index in [0.717, 1.165) is 6.42 Å². The fraction of sp³-hybridized carbons (Fsp3) is 0.900. The summed E-state index contributed by atoms with van der Waals surface area (Å²) in [5.74, 6) is -1.07. The summed E-state index contributed by atoms with van der Waals surface area (Å²) in [5, 5.41) is 17.6. The van der Waals surface area contributed by atoms with Gasteiger partial charge < -0.3 is 10.2 Å². The molecular formula is C10H20O3.